The van der Waals surface area contributed by atoms with Gasteiger partial charge in [0.2, 0.25) is 5.91 Å². The maximum absolute atomic E-state index is 13.2. The molecule has 8 heteroatoms. The Hall–Kier alpha value is -2.87. The van der Waals surface area contributed by atoms with E-state index in [0.717, 1.165) is 11.3 Å². The third-order valence-electron chi connectivity index (χ3n) is 5.97. The van der Waals surface area contributed by atoms with Crippen molar-refractivity contribution in [3.8, 4) is 0 Å². The standard InChI is InChI=1S/C24H32N4O3S/c1-4-27(5-2)23(30)21(26-22(29)20-7-6-16-32-20)18-12-14-28(15-13-18)24(31)25-19-10-8-17(3)9-11-19/h6-11,16,18,21H,4-5,12-15H2,1-3H3,(H,25,31)(H,26,29). The van der Waals surface area contributed by atoms with Gasteiger partial charge in [0.25, 0.3) is 5.91 Å². The van der Waals surface area contributed by atoms with Crippen molar-refractivity contribution >= 4 is 34.9 Å². The normalized spacial score (nSPS) is 15.2. The first kappa shape index (κ1) is 23.8. The van der Waals surface area contributed by atoms with Gasteiger partial charge in [-0.1, -0.05) is 23.8 Å². The molecule has 32 heavy (non-hydrogen) atoms. The molecule has 2 N–H and O–H groups in total. The first-order chi connectivity index (χ1) is 15.4. The summed E-state index contributed by atoms with van der Waals surface area (Å²) in [4.78, 5) is 42.7. The van der Waals surface area contributed by atoms with E-state index < -0.39 is 6.04 Å². The van der Waals surface area contributed by atoms with Crippen molar-refractivity contribution < 1.29 is 14.4 Å². The van der Waals surface area contributed by atoms with Gasteiger partial charge in [-0.2, -0.15) is 0 Å². The van der Waals surface area contributed by atoms with E-state index in [1.165, 1.54) is 11.3 Å². The van der Waals surface area contributed by atoms with Crippen molar-refractivity contribution in [1.82, 2.24) is 15.1 Å². The van der Waals surface area contributed by atoms with Crippen LogP contribution >= 0.6 is 11.3 Å². The van der Waals surface area contributed by atoms with Crippen LogP contribution in [0.2, 0.25) is 0 Å². The summed E-state index contributed by atoms with van der Waals surface area (Å²) >= 11 is 1.36. The highest BCUT2D eigenvalue weighted by molar-refractivity contribution is 7.12. The van der Waals surface area contributed by atoms with Crippen LogP contribution in [0.1, 0.15) is 41.9 Å². The Kier molecular flexibility index (Phi) is 8.27. The van der Waals surface area contributed by atoms with Crippen molar-refractivity contribution in [2.24, 2.45) is 5.92 Å². The highest BCUT2D eigenvalue weighted by Gasteiger charge is 2.35. The minimum absolute atomic E-state index is 0.0181. The van der Waals surface area contributed by atoms with Crippen LogP contribution in [-0.2, 0) is 4.79 Å². The Bertz CT molecular complexity index is 902. The zero-order chi connectivity index (χ0) is 23.1. The second kappa shape index (κ2) is 11.1. The Morgan fingerprint density at radius 3 is 2.31 bits per heavy atom. The Morgan fingerprint density at radius 1 is 1.09 bits per heavy atom. The number of nitrogens with zero attached hydrogens (tertiary/aromatic N) is 2. The summed E-state index contributed by atoms with van der Waals surface area (Å²) in [6.45, 7) is 8.16. The van der Waals surface area contributed by atoms with E-state index >= 15 is 0 Å². The van der Waals surface area contributed by atoms with Crippen LogP contribution in [0, 0.1) is 12.8 Å². The van der Waals surface area contributed by atoms with Crippen LogP contribution in [0.3, 0.4) is 0 Å². The van der Waals surface area contributed by atoms with Gasteiger partial charge in [0.1, 0.15) is 6.04 Å². The summed E-state index contributed by atoms with van der Waals surface area (Å²) in [5.74, 6) is -0.289. The maximum atomic E-state index is 13.2. The first-order valence-electron chi connectivity index (χ1n) is 11.2. The lowest BCUT2D eigenvalue weighted by molar-refractivity contribution is -0.134. The number of thiophene rings is 1. The van der Waals surface area contributed by atoms with E-state index in [-0.39, 0.29) is 23.8 Å². The molecule has 1 aromatic heterocycles. The number of nitrogens with one attached hydrogen (secondary N) is 2. The lowest BCUT2D eigenvalue weighted by atomic mass is 9.88. The molecule has 1 atom stereocenters. The number of piperidine rings is 1. The summed E-state index contributed by atoms with van der Waals surface area (Å²) in [5.41, 5.74) is 1.90. The molecule has 1 aromatic carbocycles. The van der Waals surface area contributed by atoms with E-state index in [9.17, 15) is 14.4 Å². The molecule has 3 rings (SSSR count). The van der Waals surface area contributed by atoms with Crippen molar-refractivity contribution in [2.75, 3.05) is 31.5 Å². The monoisotopic (exact) mass is 456 g/mol. The Morgan fingerprint density at radius 2 is 1.75 bits per heavy atom. The number of hydrogen-bond donors (Lipinski definition) is 2. The summed E-state index contributed by atoms with van der Waals surface area (Å²) in [7, 11) is 0. The number of likely N-dealkylation sites (tertiary alicyclic amines) is 1. The second-order valence-electron chi connectivity index (χ2n) is 8.06. The Balaban J connectivity index is 1.64. The third kappa shape index (κ3) is 5.88. The molecule has 1 aliphatic heterocycles. The molecule has 0 radical (unpaired) electrons. The van der Waals surface area contributed by atoms with Gasteiger partial charge in [0.05, 0.1) is 4.88 Å². The van der Waals surface area contributed by atoms with Gasteiger partial charge in [-0.25, -0.2) is 4.79 Å². The summed E-state index contributed by atoms with van der Waals surface area (Å²) < 4.78 is 0. The fraction of sp³-hybridized carbons (Fsp3) is 0.458. The Labute approximate surface area is 193 Å². The van der Waals surface area contributed by atoms with Gasteiger partial charge in [-0.3, -0.25) is 9.59 Å². The van der Waals surface area contributed by atoms with Gasteiger partial charge >= 0.3 is 6.03 Å². The zero-order valence-electron chi connectivity index (χ0n) is 19.0. The van der Waals surface area contributed by atoms with Crippen LogP contribution in [-0.4, -0.2) is 59.9 Å². The van der Waals surface area contributed by atoms with Gasteiger partial charge in [-0.05, 0) is 63.1 Å². The van der Waals surface area contributed by atoms with Crippen LogP contribution in [0.4, 0.5) is 10.5 Å². The molecule has 1 aliphatic rings. The highest BCUT2D eigenvalue weighted by atomic mass is 32.1. The molecule has 1 saturated heterocycles. The molecule has 0 aliphatic carbocycles. The van der Waals surface area contributed by atoms with Crippen molar-refractivity contribution in [3.63, 3.8) is 0 Å². The van der Waals surface area contributed by atoms with Crippen molar-refractivity contribution in [1.29, 1.82) is 0 Å². The molecule has 0 saturated carbocycles. The lowest BCUT2D eigenvalue weighted by Gasteiger charge is -2.37. The number of amides is 4. The summed E-state index contributed by atoms with van der Waals surface area (Å²) in [6, 6.07) is 10.6. The molecule has 1 fully saturated rings. The topological polar surface area (TPSA) is 81.8 Å². The van der Waals surface area contributed by atoms with E-state index in [2.05, 4.69) is 10.6 Å². The molecule has 1 unspecified atom stereocenters. The van der Waals surface area contributed by atoms with E-state index in [1.54, 1.807) is 15.9 Å². The van der Waals surface area contributed by atoms with Gasteiger partial charge in [0, 0.05) is 31.9 Å². The molecular formula is C24H32N4O3S. The minimum Gasteiger partial charge on any atom is -0.341 e. The smallest absolute Gasteiger partial charge is 0.321 e. The molecule has 2 heterocycles. The highest BCUT2D eigenvalue weighted by Crippen LogP contribution is 2.24. The van der Waals surface area contributed by atoms with Gasteiger partial charge in [0.15, 0.2) is 0 Å². The fourth-order valence-corrected chi connectivity index (χ4v) is 4.64. The number of urea groups is 1. The zero-order valence-corrected chi connectivity index (χ0v) is 19.8. The number of hydrogen-bond acceptors (Lipinski definition) is 4. The van der Waals surface area contributed by atoms with Gasteiger partial charge < -0.3 is 20.4 Å². The lowest BCUT2D eigenvalue weighted by Crippen LogP contribution is -2.55. The molecule has 172 valence electrons. The van der Waals surface area contributed by atoms with Crippen molar-refractivity contribution in [3.05, 3.63) is 52.2 Å². The molecule has 7 nitrogen and oxygen atoms in total. The number of anilines is 1. The van der Waals surface area contributed by atoms with Crippen molar-refractivity contribution in [2.45, 2.75) is 39.7 Å². The van der Waals surface area contributed by atoms with Crippen LogP contribution in [0.25, 0.3) is 0 Å². The number of benzene rings is 1. The number of carbonyl (C=O) groups excluding carboxylic acids is 3. The van der Waals surface area contributed by atoms with Crippen LogP contribution < -0.4 is 10.6 Å². The van der Waals surface area contributed by atoms with Crippen LogP contribution in [0.15, 0.2) is 41.8 Å². The van der Waals surface area contributed by atoms with E-state index in [4.69, 9.17) is 0 Å². The third-order valence-corrected chi connectivity index (χ3v) is 6.84. The molecule has 2 aromatic rings. The number of carbonyl (C=O) groups is 3. The summed E-state index contributed by atoms with van der Waals surface area (Å²) in [5, 5.41) is 7.77. The fourth-order valence-electron chi connectivity index (χ4n) is 4.01. The quantitative estimate of drug-likeness (QED) is 0.662. The van der Waals surface area contributed by atoms with E-state index in [1.807, 2.05) is 56.5 Å². The van der Waals surface area contributed by atoms with Gasteiger partial charge in [-0.15, -0.1) is 11.3 Å². The number of aryl methyl sites for hydroxylation is 1. The SMILES string of the molecule is CCN(CC)C(=O)C(NC(=O)c1cccs1)C1CCN(C(=O)Nc2ccc(C)cc2)CC1. The van der Waals surface area contributed by atoms with Crippen LogP contribution in [0.5, 0.6) is 0 Å². The summed E-state index contributed by atoms with van der Waals surface area (Å²) in [6.07, 6.45) is 1.31. The second-order valence-corrected chi connectivity index (χ2v) is 9.01. The predicted molar refractivity (Wildman–Crippen MR) is 128 cm³/mol. The maximum Gasteiger partial charge on any atom is 0.321 e. The minimum atomic E-state index is -0.591. The largest absolute Gasteiger partial charge is 0.341 e. The molecule has 0 bridgehead atoms. The number of likely N-dealkylation sites (N-methyl/N-ethyl adjacent to an activating group) is 1. The average molecular weight is 457 g/mol. The van der Waals surface area contributed by atoms with E-state index in [0.29, 0.717) is 43.9 Å². The molecular weight excluding hydrogens is 424 g/mol. The molecule has 0 spiro atoms. The first-order valence-corrected chi connectivity index (χ1v) is 12.1. The molecule has 4 amide bonds. The number of rotatable bonds is 7. The average Bonchev–Trinajstić information content (AvgIpc) is 3.35. The predicted octanol–water partition coefficient (Wildman–Crippen LogP) is 3.97.